The first kappa shape index (κ1) is 11.6. The van der Waals surface area contributed by atoms with Crippen molar-refractivity contribution in [3.63, 3.8) is 0 Å². The molecule has 0 atom stereocenters. The number of carbonyl (C=O) groups excluding carboxylic acids is 1. The number of hydrogen-bond acceptors (Lipinski definition) is 2. The van der Waals surface area contributed by atoms with Gasteiger partial charge in [-0.05, 0) is 18.2 Å². The van der Waals surface area contributed by atoms with Crippen LogP contribution in [0.4, 0.5) is 10.1 Å². The molecule has 0 spiro atoms. The molecule has 0 saturated heterocycles. The van der Waals surface area contributed by atoms with Gasteiger partial charge in [-0.2, -0.15) is 0 Å². The van der Waals surface area contributed by atoms with Crippen LogP contribution >= 0.6 is 15.9 Å². The van der Waals surface area contributed by atoms with E-state index in [0.717, 1.165) is 0 Å². The smallest absolute Gasteiger partial charge is 0.318 e. The van der Waals surface area contributed by atoms with E-state index in [1.165, 1.54) is 18.3 Å². The number of anilines is 1. The maximum Gasteiger partial charge on any atom is 0.323 e. The van der Waals surface area contributed by atoms with Crippen molar-refractivity contribution < 1.29 is 9.18 Å². The Bertz CT molecular complexity index is 620. The lowest BCUT2D eigenvalue weighted by atomic mass is 10.3. The van der Waals surface area contributed by atoms with Crippen LogP contribution < -0.4 is 11.0 Å². The quantitative estimate of drug-likeness (QED) is 0.791. The number of aromatic amines is 2. The summed E-state index contributed by atoms with van der Waals surface area (Å²) < 4.78 is 14.0. The molecule has 0 aliphatic rings. The van der Waals surface area contributed by atoms with Crippen LogP contribution in [-0.2, 0) is 0 Å². The molecule has 0 radical (unpaired) electrons. The zero-order valence-electron chi connectivity index (χ0n) is 8.38. The Balaban J connectivity index is 2.21. The zero-order valence-corrected chi connectivity index (χ0v) is 9.97. The summed E-state index contributed by atoms with van der Waals surface area (Å²) in [6.45, 7) is 0. The molecule has 0 unspecified atom stereocenters. The van der Waals surface area contributed by atoms with E-state index in [0.29, 0.717) is 4.47 Å². The second kappa shape index (κ2) is 4.54. The summed E-state index contributed by atoms with van der Waals surface area (Å²) in [6.07, 6.45) is 1.22. The monoisotopic (exact) mass is 299 g/mol. The second-order valence-corrected chi connectivity index (χ2v) is 4.15. The van der Waals surface area contributed by atoms with Crippen LogP contribution in [0.15, 0.2) is 33.7 Å². The summed E-state index contributed by atoms with van der Waals surface area (Å²) in [5.41, 5.74) is -0.413. The molecule has 0 aliphatic carbocycles. The highest BCUT2D eigenvalue weighted by Crippen LogP contribution is 2.19. The number of halogens is 2. The maximum atomic E-state index is 13.4. The Morgan fingerprint density at radius 2 is 2.18 bits per heavy atom. The third kappa shape index (κ3) is 2.62. The minimum absolute atomic E-state index is 0.0392. The van der Waals surface area contributed by atoms with Gasteiger partial charge in [0.15, 0.2) is 0 Å². The molecule has 88 valence electrons. The molecule has 3 N–H and O–H groups in total. The minimum atomic E-state index is -0.593. The molecule has 2 aromatic rings. The average molecular weight is 300 g/mol. The van der Waals surface area contributed by atoms with Gasteiger partial charge in [0.1, 0.15) is 11.5 Å². The predicted molar refractivity (Wildman–Crippen MR) is 63.5 cm³/mol. The first-order valence-electron chi connectivity index (χ1n) is 4.60. The first-order chi connectivity index (χ1) is 8.06. The number of hydrogen-bond donors (Lipinski definition) is 3. The molecule has 0 aliphatic heterocycles. The Morgan fingerprint density at radius 1 is 1.41 bits per heavy atom. The van der Waals surface area contributed by atoms with E-state index in [4.69, 9.17) is 0 Å². The fraction of sp³-hybridized carbons (Fsp3) is 0. The summed E-state index contributed by atoms with van der Waals surface area (Å²) in [5.74, 6) is -1.16. The average Bonchev–Trinajstić information content (AvgIpc) is 2.69. The van der Waals surface area contributed by atoms with Crippen LogP contribution in [-0.4, -0.2) is 15.9 Å². The Hall–Kier alpha value is -1.89. The number of nitrogens with one attached hydrogen (secondary N) is 3. The zero-order chi connectivity index (χ0) is 12.4. The number of carbonyl (C=O) groups is 1. The summed E-state index contributed by atoms with van der Waals surface area (Å²) in [4.78, 5) is 26.9. The number of amides is 1. The van der Waals surface area contributed by atoms with Crippen molar-refractivity contribution in [2.75, 3.05) is 5.32 Å². The number of aromatic nitrogens is 2. The van der Waals surface area contributed by atoms with E-state index < -0.39 is 17.4 Å². The minimum Gasteiger partial charge on any atom is -0.318 e. The Labute approximate surface area is 103 Å². The highest BCUT2D eigenvalue weighted by molar-refractivity contribution is 9.10. The van der Waals surface area contributed by atoms with Gasteiger partial charge in [-0.15, -0.1) is 0 Å². The van der Waals surface area contributed by atoms with Crippen molar-refractivity contribution >= 4 is 27.5 Å². The summed E-state index contributed by atoms with van der Waals surface area (Å²) in [5, 5.41) is 2.34. The molecule has 17 heavy (non-hydrogen) atoms. The molecule has 1 aromatic carbocycles. The second-order valence-electron chi connectivity index (χ2n) is 3.23. The molecular weight excluding hydrogens is 293 g/mol. The molecule has 1 heterocycles. The van der Waals surface area contributed by atoms with E-state index in [9.17, 15) is 14.0 Å². The number of H-pyrrole nitrogens is 2. The highest BCUT2D eigenvalue weighted by Gasteiger charge is 2.11. The van der Waals surface area contributed by atoms with Crippen LogP contribution in [0, 0.1) is 5.82 Å². The molecule has 0 fully saturated rings. The standard InChI is InChI=1S/C10H7BrFN3O2/c11-5-1-2-7(6(12)3-5)14-9(16)8-4-13-10(17)15-8/h1-4H,(H,14,16)(H2,13,15,17). The molecule has 1 amide bonds. The topological polar surface area (TPSA) is 77.8 Å². The fourth-order valence-corrected chi connectivity index (χ4v) is 1.57. The summed E-state index contributed by atoms with van der Waals surface area (Å²) >= 11 is 3.11. The Kier molecular flexibility index (Phi) is 3.10. The van der Waals surface area contributed by atoms with Gasteiger partial charge < -0.3 is 15.3 Å². The van der Waals surface area contributed by atoms with E-state index in [1.54, 1.807) is 6.07 Å². The summed E-state index contributed by atoms with van der Waals surface area (Å²) in [7, 11) is 0. The van der Waals surface area contributed by atoms with E-state index >= 15 is 0 Å². The van der Waals surface area contributed by atoms with Gasteiger partial charge in [0.25, 0.3) is 5.91 Å². The fourth-order valence-electron chi connectivity index (χ4n) is 1.24. The summed E-state index contributed by atoms with van der Waals surface area (Å²) in [6, 6.07) is 4.25. The van der Waals surface area contributed by atoms with Gasteiger partial charge in [0.05, 0.1) is 5.69 Å². The molecule has 7 heteroatoms. The van der Waals surface area contributed by atoms with E-state index in [-0.39, 0.29) is 11.4 Å². The third-order valence-electron chi connectivity index (χ3n) is 2.02. The van der Waals surface area contributed by atoms with Crippen LogP contribution in [0.3, 0.4) is 0 Å². The molecule has 0 bridgehead atoms. The van der Waals surface area contributed by atoms with Gasteiger partial charge in [-0.3, -0.25) is 4.79 Å². The van der Waals surface area contributed by atoms with Gasteiger partial charge >= 0.3 is 5.69 Å². The number of rotatable bonds is 2. The van der Waals surface area contributed by atoms with Gasteiger partial charge in [-0.1, -0.05) is 15.9 Å². The molecule has 1 aromatic heterocycles. The van der Waals surface area contributed by atoms with Crippen molar-refractivity contribution in [3.05, 3.63) is 50.9 Å². The van der Waals surface area contributed by atoms with E-state index in [2.05, 4.69) is 31.2 Å². The molecule has 2 rings (SSSR count). The van der Waals surface area contributed by atoms with Crippen molar-refractivity contribution in [1.82, 2.24) is 9.97 Å². The lowest BCUT2D eigenvalue weighted by Crippen LogP contribution is -2.14. The van der Waals surface area contributed by atoms with Crippen molar-refractivity contribution in [2.45, 2.75) is 0 Å². The van der Waals surface area contributed by atoms with Crippen LogP contribution in [0.1, 0.15) is 10.5 Å². The van der Waals surface area contributed by atoms with Crippen LogP contribution in [0.5, 0.6) is 0 Å². The lowest BCUT2D eigenvalue weighted by molar-refractivity contribution is 0.102. The van der Waals surface area contributed by atoms with E-state index in [1.807, 2.05) is 0 Å². The van der Waals surface area contributed by atoms with Crippen molar-refractivity contribution in [2.24, 2.45) is 0 Å². The van der Waals surface area contributed by atoms with Crippen molar-refractivity contribution in [3.8, 4) is 0 Å². The SMILES string of the molecule is O=C(Nc1ccc(Br)cc1F)c1c[nH]c(=O)[nH]1. The van der Waals surface area contributed by atoms with Gasteiger partial charge in [0, 0.05) is 10.7 Å². The lowest BCUT2D eigenvalue weighted by Gasteiger charge is -2.04. The van der Waals surface area contributed by atoms with Crippen molar-refractivity contribution in [1.29, 1.82) is 0 Å². The first-order valence-corrected chi connectivity index (χ1v) is 5.39. The molecular formula is C10H7BrFN3O2. The van der Waals surface area contributed by atoms with Crippen LogP contribution in [0.25, 0.3) is 0 Å². The van der Waals surface area contributed by atoms with Gasteiger partial charge in [0.2, 0.25) is 0 Å². The maximum absolute atomic E-state index is 13.4. The predicted octanol–water partition coefficient (Wildman–Crippen LogP) is 1.86. The molecule has 5 nitrogen and oxygen atoms in total. The normalized spacial score (nSPS) is 10.2. The number of benzene rings is 1. The Morgan fingerprint density at radius 3 is 2.76 bits per heavy atom. The molecule has 0 saturated carbocycles. The number of imidazole rings is 1. The van der Waals surface area contributed by atoms with Crippen LogP contribution in [0.2, 0.25) is 0 Å². The third-order valence-corrected chi connectivity index (χ3v) is 2.51. The van der Waals surface area contributed by atoms with Gasteiger partial charge in [-0.25, -0.2) is 9.18 Å². The highest BCUT2D eigenvalue weighted by atomic mass is 79.9. The largest absolute Gasteiger partial charge is 0.323 e.